The summed E-state index contributed by atoms with van der Waals surface area (Å²) in [5.41, 5.74) is 0. The van der Waals surface area contributed by atoms with Crippen molar-refractivity contribution in [3.8, 4) is 0 Å². The molecule has 5 heteroatoms. The van der Waals surface area contributed by atoms with Crippen LogP contribution in [0.3, 0.4) is 0 Å². The van der Waals surface area contributed by atoms with Crippen molar-refractivity contribution >= 4 is 17.2 Å². The smallest absolute Gasteiger partial charge is 0.237 e. The molecule has 2 N–H and O–H groups in total. The fraction of sp³-hybridized carbons (Fsp3) is 0.357. The number of carbonyl (C=O) groups excluding carboxylic acids is 1. The Bertz CT molecular complexity index is 494. The van der Waals surface area contributed by atoms with Gasteiger partial charge in [0.1, 0.15) is 5.76 Å². The lowest BCUT2D eigenvalue weighted by molar-refractivity contribution is -0.123. The van der Waals surface area contributed by atoms with Crippen LogP contribution in [0.2, 0.25) is 0 Å². The Hall–Kier alpha value is -1.59. The number of carbonyl (C=O) groups is 1. The fourth-order valence-corrected chi connectivity index (χ4v) is 2.55. The first kappa shape index (κ1) is 13.8. The predicted molar refractivity (Wildman–Crippen MR) is 75.9 cm³/mol. The van der Waals surface area contributed by atoms with E-state index in [4.69, 9.17) is 4.42 Å². The Kier molecular flexibility index (Phi) is 4.76. The minimum Gasteiger partial charge on any atom is -0.467 e. The summed E-state index contributed by atoms with van der Waals surface area (Å²) < 4.78 is 5.17. The molecule has 0 fully saturated rings. The van der Waals surface area contributed by atoms with Gasteiger partial charge in [0.05, 0.1) is 18.8 Å². The maximum atomic E-state index is 11.9. The van der Waals surface area contributed by atoms with E-state index in [2.05, 4.69) is 23.6 Å². The second-order valence-electron chi connectivity index (χ2n) is 4.42. The molecule has 0 radical (unpaired) electrons. The van der Waals surface area contributed by atoms with Crippen molar-refractivity contribution in [1.82, 2.24) is 10.6 Å². The van der Waals surface area contributed by atoms with E-state index in [9.17, 15) is 4.79 Å². The van der Waals surface area contributed by atoms with E-state index in [1.54, 1.807) is 17.6 Å². The molecule has 0 saturated carbocycles. The van der Waals surface area contributed by atoms with E-state index in [0.717, 1.165) is 5.76 Å². The lowest BCUT2D eigenvalue weighted by atomic mass is 10.2. The zero-order chi connectivity index (χ0) is 13.7. The second-order valence-corrected chi connectivity index (χ2v) is 5.40. The summed E-state index contributed by atoms with van der Waals surface area (Å²) in [5, 5.41) is 8.16. The highest BCUT2D eigenvalue weighted by molar-refractivity contribution is 7.10. The minimum atomic E-state index is -0.243. The number of amides is 1. The van der Waals surface area contributed by atoms with Crippen LogP contribution in [-0.4, -0.2) is 11.9 Å². The quantitative estimate of drug-likeness (QED) is 0.854. The molecule has 19 heavy (non-hydrogen) atoms. The molecule has 4 nitrogen and oxygen atoms in total. The highest BCUT2D eigenvalue weighted by atomic mass is 32.1. The molecule has 1 amide bonds. The van der Waals surface area contributed by atoms with Crippen LogP contribution in [0.25, 0.3) is 0 Å². The molecule has 0 aliphatic carbocycles. The van der Waals surface area contributed by atoms with Crippen molar-refractivity contribution in [2.75, 3.05) is 0 Å². The Morgan fingerprint density at radius 3 is 2.84 bits per heavy atom. The lowest BCUT2D eigenvalue weighted by Crippen LogP contribution is -2.42. The monoisotopic (exact) mass is 278 g/mol. The molecule has 0 aliphatic rings. The van der Waals surface area contributed by atoms with Gasteiger partial charge >= 0.3 is 0 Å². The van der Waals surface area contributed by atoms with Gasteiger partial charge in [-0.15, -0.1) is 11.3 Å². The van der Waals surface area contributed by atoms with E-state index >= 15 is 0 Å². The molecule has 0 spiro atoms. The van der Waals surface area contributed by atoms with Gasteiger partial charge in [0.15, 0.2) is 0 Å². The van der Waals surface area contributed by atoms with E-state index in [1.807, 2.05) is 30.5 Å². The predicted octanol–water partition coefficient (Wildman–Crippen LogP) is 2.70. The first-order valence-electron chi connectivity index (χ1n) is 6.26. The van der Waals surface area contributed by atoms with E-state index < -0.39 is 0 Å². The van der Waals surface area contributed by atoms with Crippen molar-refractivity contribution < 1.29 is 9.21 Å². The summed E-state index contributed by atoms with van der Waals surface area (Å²) >= 11 is 1.69. The highest BCUT2D eigenvalue weighted by Gasteiger charge is 2.16. The zero-order valence-electron chi connectivity index (χ0n) is 11.1. The molecule has 1 unspecified atom stereocenters. The summed E-state index contributed by atoms with van der Waals surface area (Å²) in [5.74, 6) is 0.728. The van der Waals surface area contributed by atoms with Crippen LogP contribution < -0.4 is 10.6 Å². The zero-order valence-corrected chi connectivity index (χ0v) is 11.9. The Morgan fingerprint density at radius 1 is 1.37 bits per heavy atom. The van der Waals surface area contributed by atoms with E-state index in [-0.39, 0.29) is 18.0 Å². The third kappa shape index (κ3) is 3.94. The first-order chi connectivity index (χ1) is 9.16. The number of nitrogens with one attached hydrogen (secondary N) is 2. The maximum Gasteiger partial charge on any atom is 0.237 e. The van der Waals surface area contributed by atoms with Gasteiger partial charge < -0.3 is 9.73 Å². The minimum absolute atomic E-state index is 0.0280. The normalized spacial score (nSPS) is 14.0. The summed E-state index contributed by atoms with van der Waals surface area (Å²) in [7, 11) is 0. The highest BCUT2D eigenvalue weighted by Crippen LogP contribution is 2.18. The average molecular weight is 278 g/mol. The topological polar surface area (TPSA) is 54.3 Å². The number of hydrogen-bond acceptors (Lipinski definition) is 4. The van der Waals surface area contributed by atoms with Crippen LogP contribution in [-0.2, 0) is 11.3 Å². The molecular weight excluding hydrogens is 260 g/mol. The molecule has 0 aromatic carbocycles. The van der Waals surface area contributed by atoms with Crippen LogP contribution in [0.15, 0.2) is 40.3 Å². The van der Waals surface area contributed by atoms with Crippen LogP contribution in [0.1, 0.15) is 30.5 Å². The van der Waals surface area contributed by atoms with Crippen molar-refractivity contribution in [2.45, 2.75) is 32.5 Å². The number of hydrogen-bond donors (Lipinski definition) is 2. The molecule has 0 bridgehead atoms. The largest absolute Gasteiger partial charge is 0.467 e. The van der Waals surface area contributed by atoms with Gasteiger partial charge in [-0.25, -0.2) is 0 Å². The Balaban J connectivity index is 1.79. The van der Waals surface area contributed by atoms with Gasteiger partial charge in [-0.2, -0.15) is 0 Å². The second kappa shape index (κ2) is 6.54. The number of thiophene rings is 1. The maximum absolute atomic E-state index is 11.9. The lowest BCUT2D eigenvalue weighted by Gasteiger charge is -2.18. The van der Waals surface area contributed by atoms with E-state index in [0.29, 0.717) is 6.54 Å². The first-order valence-corrected chi connectivity index (χ1v) is 7.14. The molecule has 0 saturated heterocycles. The van der Waals surface area contributed by atoms with Crippen LogP contribution >= 0.6 is 11.3 Å². The van der Waals surface area contributed by atoms with Crippen molar-refractivity contribution in [2.24, 2.45) is 0 Å². The standard InChI is InChI=1S/C14H18N2O2S/c1-10(13-6-4-8-19-13)16-11(2)14(17)15-9-12-5-3-7-18-12/h3-8,10-11,16H,9H2,1-2H3,(H,15,17)/t10-,11?/m0/s1. The van der Waals surface area contributed by atoms with Crippen LogP contribution in [0.5, 0.6) is 0 Å². The molecule has 2 atom stereocenters. The van der Waals surface area contributed by atoms with Crippen molar-refractivity contribution in [3.63, 3.8) is 0 Å². The van der Waals surface area contributed by atoms with Gasteiger partial charge in [-0.05, 0) is 37.4 Å². The average Bonchev–Trinajstić information content (AvgIpc) is 3.08. The Morgan fingerprint density at radius 2 is 2.21 bits per heavy atom. The van der Waals surface area contributed by atoms with Crippen LogP contribution in [0, 0.1) is 0 Å². The summed E-state index contributed by atoms with van der Waals surface area (Å²) in [6.45, 7) is 4.34. The van der Waals surface area contributed by atoms with E-state index in [1.165, 1.54) is 4.88 Å². The fourth-order valence-electron chi connectivity index (χ4n) is 1.81. The van der Waals surface area contributed by atoms with Crippen LogP contribution in [0.4, 0.5) is 0 Å². The third-order valence-electron chi connectivity index (χ3n) is 2.88. The molecular formula is C14H18N2O2S. The molecule has 2 heterocycles. The van der Waals surface area contributed by atoms with Crippen molar-refractivity contribution in [3.05, 3.63) is 46.5 Å². The Labute approximate surface area is 116 Å². The van der Waals surface area contributed by atoms with Gasteiger partial charge in [0, 0.05) is 10.9 Å². The molecule has 2 aromatic rings. The molecule has 0 aliphatic heterocycles. The van der Waals surface area contributed by atoms with Crippen molar-refractivity contribution in [1.29, 1.82) is 0 Å². The van der Waals surface area contributed by atoms with Gasteiger partial charge in [0.25, 0.3) is 0 Å². The molecule has 102 valence electrons. The SMILES string of the molecule is CC(N[C@@H](C)c1cccs1)C(=O)NCc1ccco1. The third-order valence-corrected chi connectivity index (χ3v) is 3.94. The number of rotatable bonds is 6. The molecule has 2 rings (SSSR count). The molecule has 2 aromatic heterocycles. The number of furan rings is 1. The summed E-state index contributed by atoms with van der Waals surface area (Å²) in [6.07, 6.45) is 1.60. The summed E-state index contributed by atoms with van der Waals surface area (Å²) in [6, 6.07) is 7.65. The van der Waals surface area contributed by atoms with Gasteiger partial charge in [0.2, 0.25) is 5.91 Å². The van der Waals surface area contributed by atoms with Gasteiger partial charge in [-0.3, -0.25) is 10.1 Å². The van der Waals surface area contributed by atoms with Gasteiger partial charge in [-0.1, -0.05) is 6.07 Å². The summed E-state index contributed by atoms with van der Waals surface area (Å²) in [4.78, 5) is 13.2.